The van der Waals surface area contributed by atoms with Gasteiger partial charge in [0.1, 0.15) is 11.9 Å². The highest BCUT2D eigenvalue weighted by atomic mass is 16.6. The lowest BCUT2D eigenvalue weighted by molar-refractivity contribution is -0.147. The van der Waals surface area contributed by atoms with Crippen molar-refractivity contribution in [2.75, 3.05) is 0 Å². The summed E-state index contributed by atoms with van der Waals surface area (Å²) in [6.07, 6.45) is 2.64. The number of carbonyl (C=O) groups excluding carboxylic acids is 3. The number of rotatable bonds is 4. The standard InChI is InChI=1S/C15H18O5/c1-8(16)4-5-10-9(2)14(18)20-13(10)12-11(17)6-7-15(12,3)19/h6-7,10,12-13,19H,2,4-5H2,1,3H3/t10-,12-,13-,15+/m0/s1. The van der Waals surface area contributed by atoms with E-state index in [4.69, 9.17) is 4.74 Å². The van der Waals surface area contributed by atoms with E-state index in [9.17, 15) is 19.5 Å². The van der Waals surface area contributed by atoms with Crippen molar-refractivity contribution in [3.8, 4) is 0 Å². The third-order valence-electron chi connectivity index (χ3n) is 4.01. The predicted molar refractivity (Wildman–Crippen MR) is 70.7 cm³/mol. The molecule has 0 aromatic rings. The summed E-state index contributed by atoms with van der Waals surface area (Å²) in [5, 5.41) is 10.3. The van der Waals surface area contributed by atoms with E-state index in [0.29, 0.717) is 6.42 Å². The third kappa shape index (κ3) is 2.45. The molecule has 0 aromatic carbocycles. The van der Waals surface area contributed by atoms with Crippen molar-refractivity contribution >= 4 is 17.5 Å². The summed E-state index contributed by atoms with van der Waals surface area (Å²) in [4.78, 5) is 34.8. The van der Waals surface area contributed by atoms with E-state index in [2.05, 4.69) is 6.58 Å². The zero-order valence-electron chi connectivity index (χ0n) is 11.6. The van der Waals surface area contributed by atoms with Gasteiger partial charge in [-0.2, -0.15) is 0 Å². The first-order valence-electron chi connectivity index (χ1n) is 6.58. The van der Waals surface area contributed by atoms with Crippen molar-refractivity contribution in [3.05, 3.63) is 24.3 Å². The average molecular weight is 278 g/mol. The third-order valence-corrected chi connectivity index (χ3v) is 4.01. The lowest BCUT2D eigenvalue weighted by atomic mass is 9.78. The summed E-state index contributed by atoms with van der Waals surface area (Å²) in [6, 6.07) is 0. The maximum Gasteiger partial charge on any atom is 0.334 e. The minimum atomic E-state index is -1.35. The Bertz CT molecular complexity index is 514. The average Bonchev–Trinajstić information content (AvgIpc) is 2.75. The number of allylic oxidation sites excluding steroid dienone is 1. The minimum Gasteiger partial charge on any atom is -0.457 e. The van der Waals surface area contributed by atoms with Crippen LogP contribution in [-0.2, 0) is 19.1 Å². The molecule has 0 aromatic heterocycles. The Balaban J connectivity index is 2.24. The van der Waals surface area contributed by atoms with Gasteiger partial charge in [-0.05, 0) is 32.4 Å². The predicted octanol–water partition coefficient (Wildman–Crippen LogP) is 0.959. The number of carbonyl (C=O) groups is 3. The van der Waals surface area contributed by atoms with Crippen molar-refractivity contribution in [1.82, 2.24) is 0 Å². The first-order valence-corrected chi connectivity index (χ1v) is 6.58. The van der Waals surface area contributed by atoms with Crippen LogP contribution < -0.4 is 0 Å². The Morgan fingerprint density at radius 1 is 1.50 bits per heavy atom. The molecule has 0 radical (unpaired) electrons. The Kier molecular flexibility index (Phi) is 3.65. The highest BCUT2D eigenvalue weighted by Crippen LogP contribution is 2.41. The van der Waals surface area contributed by atoms with E-state index in [1.807, 2.05) is 0 Å². The quantitative estimate of drug-likeness (QED) is 0.612. The Morgan fingerprint density at radius 2 is 2.15 bits per heavy atom. The molecule has 2 aliphatic rings. The van der Waals surface area contributed by atoms with Gasteiger partial charge in [-0.3, -0.25) is 4.79 Å². The van der Waals surface area contributed by atoms with Crippen molar-refractivity contribution in [1.29, 1.82) is 0 Å². The molecule has 0 amide bonds. The molecular weight excluding hydrogens is 260 g/mol. The van der Waals surface area contributed by atoms with Crippen LogP contribution in [0.25, 0.3) is 0 Å². The smallest absolute Gasteiger partial charge is 0.334 e. The molecule has 108 valence electrons. The van der Waals surface area contributed by atoms with E-state index < -0.39 is 29.5 Å². The van der Waals surface area contributed by atoms with Crippen LogP contribution in [0.3, 0.4) is 0 Å². The molecule has 20 heavy (non-hydrogen) atoms. The lowest BCUT2D eigenvalue weighted by Crippen LogP contribution is -2.44. The fourth-order valence-electron chi connectivity index (χ4n) is 2.87. The number of ketones is 2. The van der Waals surface area contributed by atoms with E-state index in [1.54, 1.807) is 0 Å². The van der Waals surface area contributed by atoms with Gasteiger partial charge in [-0.15, -0.1) is 0 Å². The summed E-state index contributed by atoms with van der Waals surface area (Å²) in [5.41, 5.74) is -1.08. The van der Waals surface area contributed by atoms with Crippen LogP contribution in [0.4, 0.5) is 0 Å². The summed E-state index contributed by atoms with van der Waals surface area (Å²) in [6.45, 7) is 6.67. The molecule has 0 bridgehead atoms. The SMILES string of the molecule is C=C1C(=O)O[C@H]([C@@H]2C(=O)C=C[C@@]2(C)O)[C@H]1CCC(C)=O. The molecule has 0 unspecified atom stereocenters. The monoisotopic (exact) mass is 278 g/mol. The van der Waals surface area contributed by atoms with Crippen LogP contribution in [0.1, 0.15) is 26.7 Å². The topological polar surface area (TPSA) is 80.7 Å². The van der Waals surface area contributed by atoms with Gasteiger partial charge in [0.2, 0.25) is 0 Å². The van der Waals surface area contributed by atoms with Crippen molar-refractivity contribution in [3.63, 3.8) is 0 Å². The number of esters is 1. The Morgan fingerprint density at radius 3 is 2.65 bits per heavy atom. The second-order valence-electron chi connectivity index (χ2n) is 5.68. The van der Waals surface area contributed by atoms with Gasteiger partial charge >= 0.3 is 5.97 Å². The van der Waals surface area contributed by atoms with E-state index in [1.165, 1.54) is 26.0 Å². The van der Waals surface area contributed by atoms with E-state index >= 15 is 0 Å². The molecule has 0 saturated carbocycles. The van der Waals surface area contributed by atoms with Crippen LogP contribution in [0.2, 0.25) is 0 Å². The van der Waals surface area contributed by atoms with Crippen molar-refractivity contribution in [2.24, 2.45) is 11.8 Å². The van der Waals surface area contributed by atoms with Gasteiger partial charge in [0.15, 0.2) is 5.78 Å². The largest absolute Gasteiger partial charge is 0.457 e. The molecular formula is C15H18O5. The Labute approximate surface area is 117 Å². The molecule has 1 aliphatic heterocycles. The molecule has 1 aliphatic carbocycles. The van der Waals surface area contributed by atoms with Crippen LogP contribution in [-0.4, -0.2) is 34.3 Å². The van der Waals surface area contributed by atoms with Gasteiger partial charge in [0, 0.05) is 17.9 Å². The second-order valence-corrected chi connectivity index (χ2v) is 5.68. The van der Waals surface area contributed by atoms with E-state index in [-0.39, 0.29) is 23.6 Å². The molecule has 4 atom stereocenters. The van der Waals surface area contributed by atoms with E-state index in [0.717, 1.165) is 0 Å². The second kappa shape index (κ2) is 4.98. The number of Topliss-reactive ketones (excluding diaryl/α,β-unsaturated/α-hetero) is 1. The van der Waals surface area contributed by atoms with Gasteiger partial charge in [-0.25, -0.2) is 4.79 Å². The van der Waals surface area contributed by atoms with Crippen LogP contribution >= 0.6 is 0 Å². The Hall–Kier alpha value is -1.75. The number of ether oxygens (including phenoxy) is 1. The van der Waals surface area contributed by atoms with Crippen molar-refractivity contribution < 1.29 is 24.2 Å². The summed E-state index contributed by atoms with van der Waals surface area (Å²) in [7, 11) is 0. The number of hydrogen-bond acceptors (Lipinski definition) is 5. The highest BCUT2D eigenvalue weighted by molar-refractivity contribution is 5.98. The van der Waals surface area contributed by atoms with Gasteiger partial charge < -0.3 is 14.6 Å². The number of aliphatic hydroxyl groups is 1. The lowest BCUT2D eigenvalue weighted by Gasteiger charge is -2.30. The molecule has 1 N–H and O–H groups in total. The summed E-state index contributed by atoms with van der Waals surface area (Å²) < 4.78 is 5.24. The zero-order chi connectivity index (χ0) is 15.1. The van der Waals surface area contributed by atoms with Gasteiger partial charge in [0.05, 0.1) is 11.5 Å². The van der Waals surface area contributed by atoms with Crippen LogP contribution in [0, 0.1) is 11.8 Å². The minimum absolute atomic E-state index is 0.00136. The molecule has 5 nitrogen and oxygen atoms in total. The fourth-order valence-corrected chi connectivity index (χ4v) is 2.87. The maximum absolute atomic E-state index is 11.9. The maximum atomic E-state index is 11.9. The molecule has 1 heterocycles. The number of hydrogen-bond donors (Lipinski definition) is 1. The van der Waals surface area contributed by atoms with Crippen molar-refractivity contribution in [2.45, 2.75) is 38.4 Å². The summed E-state index contributed by atoms with van der Waals surface area (Å²) >= 11 is 0. The first kappa shape index (κ1) is 14.7. The number of cyclic esters (lactones) is 1. The molecule has 1 saturated heterocycles. The summed E-state index contributed by atoms with van der Waals surface area (Å²) in [5.74, 6) is -2.07. The molecule has 2 rings (SSSR count). The normalized spacial score (nSPS) is 36.5. The molecule has 5 heteroatoms. The van der Waals surface area contributed by atoms with Gasteiger partial charge in [-0.1, -0.05) is 6.58 Å². The zero-order valence-corrected chi connectivity index (χ0v) is 11.6. The van der Waals surface area contributed by atoms with Crippen LogP contribution in [0.15, 0.2) is 24.3 Å². The first-order chi connectivity index (χ1) is 9.24. The molecule has 0 spiro atoms. The fraction of sp³-hybridized carbons (Fsp3) is 0.533. The van der Waals surface area contributed by atoms with Crippen LogP contribution in [0.5, 0.6) is 0 Å². The highest BCUT2D eigenvalue weighted by Gasteiger charge is 2.52. The van der Waals surface area contributed by atoms with Gasteiger partial charge in [0.25, 0.3) is 0 Å². The molecule has 1 fully saturated rings.